The zero-order chi connectivity index (χ0) is 15.5. The Labute approximate surface area is 125 Å². The molecule has 0 radical (unpaired) electrons. The van der Waals surface area contributed by atoms with Gasteiger partial charge in [0.05, 0.1) is 4.90 Å². The van der Waals surface area contributed by atoms with Gasteiger partial charge < -0.3 is 0 Å². The summed E-state index contributed by atoms with van der Waals surface area (Å²) in [6.45, 7) is 2.10. The molecule has 0 N–H and O–H groups in total. The van der Waals surface area contributed by atoms with Gasteiger partial charge in [0.1, 0.15) is 5.82 Å². The minimum absolute atomic E-state index is 0.157. The maximum atomic E-state index is 13.1. The molecule has 0 aliphatic heterocycles. The van der Waals surface area contributed by atoms with Gasteiger partial charge in [0, 0.05) is 12.2 Å². The smallest absolute Gasteiger partial charge is 0.175 e. The first kappa shape index (κ1) is 15.7. The first-order valence-corrected chi connectivity index (χ1v) is 8.86. The lowest BCUT2D eigenvalue weighted by Gasteiger charge is -2.17. The van der Waals surface area contributed by atoms with Crippen molar-refractivity contribution in [2.24, 2.45) is 0 Å². The molecule has 0 spiro atoms. The van der Waals surface area contributed by atoms with Crippen molar-refractivity contribution in [1.29, 1.82) is 0 Å². The molecule has 0 saturated carbocycles. The van der Waals surface area contributed by atoms with E-state index in [4.69, 9.17) is 0 Å². The van der Waals surface area contributed by atoms with Crippen LogP contribution in [0, 0.1) is 5.82 Å². The van der Waals surface area contributed by atoms with Gasteiger partial charge in [0.2, 0.25) is 0 Å². The van der Waals surface area contributed by atoms with Crippen LogP contribution in [0.15, 0.2) is 53.4 Å². The fourth-order valence-corrected chi connectivity index (χ4v) is 3.09. The van der Waals surface area contributed by atoms with E-state index in [-0.39, 0.29) is 11.7 Å². The molecule has 4 heteroatoms. The lowest BCUT2D eigenvalue weighted by molar-refractivity contribution is 0.601. The predicted molar refractivity (Wildman–Crippen MR) is 82.7 cm³/mol. The Morgan fingerprint density at radius 2 is 1.43 bits per heavy atom. The summed E-state index contributed by atoms with van der Waals surface area (Å²) in [6, 6.07) is 13.5. The highest BCUT2D eigenvalue weighted by Gasteiger charge is 2.15. The van der Waals surface area contributed by atoms with Crippen LogP contribution in [0.3, 0.4) is 0 Å². The molecule has 0 fully saturated rings. The first-order chi connectivity index (χ1) is 9.91. The monoisotopic (exact) mass is 306 g/mol. The third-order valence-electron chi connectivity index (χ3n) is 3.56. The van der Waals surface area contributed by atoms with Crippen LogP contribution < -0.4 is 0 Å². The van der Waals surface area contributed by atoms with Crippen LogP contribution in [0.1, 0.15) is 36.8 Å². The van der Waals surface area contributed by atoms with Gasteiger partial charge >= 0.3 is 0 Å². The average molecular weight is 306 g/mol. The van der Waals surface area contributed by atoms with Gasteiger partial charge in [0.25, 0.3) is 0 Å². The highest BCUT2D eigenvalue weighted by atomic mass is 32.2. The van der Waals surface area contributed by atoms with E-state index in [2.05, 4.69) is 6.92 Å². The standard InChI is InChI=1S/C17H19FO2S/c1-3-4-17(13-5-9-15(18)10-6-13)14-7-11-16(12-8-14)21(2,19)20/h5-12,17H,3-4H2,1-2H3. The Kier molecular flexibility index (Phi) is 4.78. The minimum atomic E-state index is -3.18. The van der Waals surface area contributed by atoms with Crippen LogP contribution in [0.4, 0.5) is 4.39 Å². The van der Waals surface area contributed by atoms with E-state index in [0.29, 0.717) is 4.90 Å². The Balaban J connectivity index is 2.36. The van der Waals surface area contributed by atoms with Crippen molar-refractivity contribution in [1.82, 2.24) is 0 Å². The molecule has 2 aromatic rings. The summed E-state index contributed by atoms with van der Waals surface area (Å²) in [5.41, 5.74) is 2.10. The lowest BCUT2D eigenvalue weighted by atomic mass is 9.88. The second-order valence-electron chi connectivity index (χ2n) is 5.23. The maximum absolute atomic E-state index is 13.1. The van der Waals surface area contributed by atoms with Gasteiger partial charge in [-0.15, -0.1) is 0 Å². The molecule has 0 aromatic heterocycles. The van der Waals surface area contributed by atoms with E-state index in [9.17, 15) is 12.8 Å². The highest BCUT2D eigenvalue weighted by Crippen LogP contribution is 2.30. The van der Waals surface area contributed by atoms with Crippen LogP contribution in [0.5, 0.6) is 0 Å². The van der Waals surface area contributed by atoms with Crippen molar-refractivity contribution in [3.05, 3.63) is 65.5 Å². The quantitative estimate of drug-likeness (QED) is 0.831. The van der Waals surface area contributed by atoms with Gasteiger partial charge in [-0.1, -0.05) is 37.6 Å². The summed E-state index contributed by atoms with van der Waals surface area (Å²) in [5, 5.41) is 0. The molecule has 21 heavy (non-hydrogen) atoms. The number of sulfone groups is 1. The first-order valence-electron chi connectivity index (χ1n) is 6.97. The fourth-order valence-electron chi connectivity index (χ4n) is 2.46. The zero-order valence-corrected chi connectivity index (χ0v) is 13.0. The van der Waals surface area contributed by atoms with E-state index < -0.39 is 9.84 Å². The Bertz CT molecular complexity index is 689. The average Bonchev–Trinajstić information content (AvgIpc) is 2.45. The van der Waals surface area contributed by atoms with Gasteiger partial charge in [-0.3, -0.25) is 0 Å². The van der Waals surface area contributed by atoms with Gasteiger partial charge in [-0.25, -0.2) is 12.8 Å². The van der Waals surface area contributed by atoms with Crippen LogP contribution in [-0.4, -0.2) is 14.7 Å². The number of rotatable bonds is 5. The van der Waals surface area contributed by atoms with Crippen molar-refractivity contribution in [2.75, 3.05) is 6.26 Å². The Morgan fingerprint density at radius 1 is 0.952 bits per heavy atom. The van der Waals surface area contributed by atoms with Gasteiger partial charge in [-0.05, 0) is 41.8 Å². The topological polar surface area (TPSA) is 34.1 Å². The normalized spacial score (nSPS) is 13.1. The number of hydrogen-bond donors (Lipinski definition) is 0. The number of halogens is 1. The largest absolute Gasteiger partial charge is 0.224 e. The van der Waals surface area contributed by atoms with Crippen molar-refractivity contribution in [3.8, 4) is 0 Å². The second kappa shape index (κ2) is 6.39. The zero-order valence-electron chi connectivity index (χ0n) is 12.2. The fraction of sp³-hybridized carbons (Fsp3) is 0.294. The van der Waals surface area contributed by atoms with E-state index in [1.807, 2.05) is 12.1 Å². The summed E-state index contributed by atoms with van der Waals surface area (Å²) in [4.78, 5) is 0.320. The molecule has 2 nitrogen and oxygen atoms in total. The van der Waals surface area contributed by atoms with E-state index in [0.717, 1.165) is 24.0 Å². The van der Waals surface area contributed by atoms with Crippen LogP contribution in [-0.2, 0) is 9.84 Å². The van der Waals surface area contributed by atoms with Crippen LogP contribution >= 0.6 is 0 Å². The van der Waals surface area contributed by atoms with Gasteiger partial charge in [0.15, 0.2) is 9.84 Å². The third-order valence-corrected chi connectivity index (χ3v) is 4.69. The maximum Gasteiger partial charge on any atom is 0.175 e. The Morgan fingerprint density at radius 3 is 1.86 bits per heavy atom. The molecule has 2 rings (SSSR count). The summed E-state index contributed by atoms with van der Waals surface area (Å²) in [5.74, 6) is -0.0920. The van der Waals surface area contributed by atoms with E-state index in [1.54, 1.807) is 24.3 Å². The van der Waals surface area contributed by atoms with E-state index >= 15 is 0 Å². The Hall–Kier alpha value is -1.68. The SMILES string of the molecule is CCCC(c1ccc(F)cc1)c1ccc(S(C)(=O)=O)cc1. The molecule has 0 saturated heterocycles. The molecular weight excluding hydrogens is 287 g/mol. The molecule has 0 heterocycles. The van der Waals surface area contributed by atoms with Crippen LogP contribution in [0.2, 0.25) is 0 Å². The number of benzene rings is 2. The summed E-state index contributed by atoms with van der Waals surface area (Å²) in [6.07, 6.45) is 3.13. The van der Waals surface area contributed by atoms with Crippen molar-refractivity contribution in [2.45, 2.75) is 30.6 Å². The van der Waals surface area contributed by atoms with Crippen molar-refractivity contribution >= 4 is 9.84 Å². The molecular formula is C17H19FO2S. The second-order valence-corrected chi connectivity index (χ2v) is 7.25. The molecule has 0 aliphatic carbocycles. The summed E-state index contributed by atoms with van der Waals surface area (Å²) in [7, 11) is -3.18. The molecule has 1 unspecified atom stereocenters. The highest BCUT2D eigenvalue weighted by molar-refractivity contribution is 7.90. The van der Waals surface area contributed by atoms with Crippen LogP contribution in [0.25, 0.3) is 0 Å². The lowest BCUT2D eigenvalue weighted by Crippen LogP contribution is -2.03. The third kappa shape index (κ3) is 3.91. The van der Waals surface area contributed by atoms with Gasteiger partial charge in [-0.2, -0.15) is 0 Å². The molecule has 2 aromatic carbocycles. The van der Waals surface area contributed by atoms with Crippen molar-refractivity contribution in [3.63, 3.8) is 0 Å². The molecule has 112 valence electrons. The molecule has 0 aliphatic rings. The summed E-state index contributed by atoms with van der Waals surface area (Å²) >= 11 is 0. The molecule has 1 atom stereocenters. The predicted octanol–water partition coefficient (Wildman–Crippen LogP) is 4.16. The summed E-state index contributed by atoms with van der Waals surface area (Å²) < 4.78 is 36.1. The van der Waals surface area contributed by atoms with E-state index in [1.165, 1.54) is 18.4 Å². The minimum Gasteiger partial charge on any atom is -0.224 e. The molecule has 0 bridgehead atoms. The van der Waals surface area contributed by atoms with Crippen molar-refractivity contribution < 1.29 is 12.8 Å². The molecule has 0 amide bonds. The number of hydrogen-bond acceptors (Lipinski definition) is 2.